The van der Waals surface area contributed by atoms with Crippen LogP contribution in [-0.2, 0) is 19.6 Å². The van der Waals surface area contributed by atoms with E-state index >= 15 is 0 Å². The lowest BCUT2D eigenvalue weighted by Gasteiger charge is -2.29. The topological polar surface area (TPSA) is 83.6 Å². The molecule has 27 heavy (non-hydrogen) atoms. The van der Waals surface area contributed by atoms with Gasteiger partial charge in [0, 0.05) is 17.1 Å². The molecule has 6 nitrogen and oxygen atoms in total. The van der Waals surface area contributed by atoms with Crippen molar-refractivity contribution in [1.82, 2.24) is 0 Å². The van der Waals surface area contributed by atoms with Gasteiger partial charge in [0.15, 0.2) is 0 Å². The molecule has 1 unspecified atom stereocenters. The highest BCUT2D eigenvalue weighted by Crippen LogP contribution is 2.35. The Bertz CT molecular complexity index is 981. The molecule has 2 aromatic rings. The van der Waals surface area contributed by atoms with E-state index in [0.29, 0.717) is 10.2 Å². The summed E-state index contributed by atoms with van der Waals surface area (Å²) in [5, 5.41) is 1.83. The van der Waals surface area contributed by atoms with Crippen molar-refractivity contribution in [3.8, 4) is 0 Å². The molecular formula is C17H15BrCl2N2O4S. The van der Waals surface area contributed by atoms with E-state index in [9.17, 15) is 18.0 Å². The van der Waals surface area contributed by atoms with Gasteiger partial charge in [-0.25, -0.2) is 8.42 Å². The molecule has 144 valence electrons. The quantitative estimate of drug-likeness (QED) is 0.604. The molecule has 0 saturated heterocycles. The molecule has 0 saturated carbocycles. The molecular weight excluding hydrogens is 479 g/mol. The molecule has 0 aliphatic rings. The van der Waals surface area contributed by atoms with Gasteiger partial charge in [0.25, 0.3) is 10.0 Å². The minimum atomic E-state index is -4.16. The zero-order valence-corrected chi connectivity index (χ0v) is 18.2. The molecule has 0 spiro atoms. The third-order valence-corrected chi connectivity index (χ3v) is 6.57. The van der Waals surface area contributed by atoms with Crippen LogP contribution in [0, 0.1) is 0 Å². The molecule has 0 aliphatic heterocycles. The van der Waals surface area contributed by atoms with E-state index in [1.165, 1.54) is 50.2 Å². The Morgan fingerprint density at radius 2 is 1.74 bits per heavy atom. The standard InChI is InChI=1S/C17H15BrCl2N2O4S/c1-10(17(20)24)22(16-8-3-12(18)9-15(16)19)27(25,26)14-6-4-13(5-7-14)21-11(2)23/h3-10H,1-2H3,(H,21,23). The first-order chi connectivity index (χ1) is 12.5. The molecule has 0 heterocycles. The number of hydrogen-bond acceptors (Lipinski definition) is 4. The molecule has 10 heteroatoms. The smallest absolute Gasteiger partial charge is 0.265 e. The van der Waals surface area contributed by atoms with Gasteiger partial charge in [-0.3, -0.25) is 13.9 Å². The van der Waals surface area contributed by atoms with E-state index in [1.54, 1.807) is 6.07 Å². The van der Waals surface area contributed by atoms with Gasteiger partial charge in [-0.2, -0.15) is 0 Å². The number of nitrogens with zero attached hydrogens (tertiary/aromatic N) is 1. The minimum absolute atomic E-state index is 0.0830. The first-order valence-corrected chi connectivity index (χ1v) is 10.6. The molecule has 0 aliphatic carbocycles. The minimum Gasteiger partial charge on any atom is -0.326 e. The van der Waals surface area contributed by atoms with Gasteiger partial charge in [-0.1, -0.05) is 27.5 Å². The van der Waals surface area contributed by atoms with Crippen molar-refractivity contribution >= 4 is 71.7 Å². The summed E-state index contributed by atoms with van der Waals surface area (Å²) < 4.78 is 27.9. The third kappa shape index (κ3) is 5.01. The number of carbonyl (C=O) groups excluding carboxylic acids is 2. The summed E-state index contributed by atoms with van der Waals surface area (Å²) in [5.74, 6) is -0.282. The zero-order valence-electron chi connectivity index (χ0n) is 14.2. The first-order valence-electron chi connectivity index (χ1n) is 7.60. The zero-order chi connectivity index (χ0) is 20.4. The van der Waals surface area contributed by atoms with Gasteiger partial charge >= 0.3 is 0 Å². The van der Waals surface area contributed by atoms with Crippen LogP contribution in [0.5, 0.6) is 0 Å². The lowest BCUT2D eigenvalue weighted by Crippen LogP contribution is -2.42. The Hall–Kier alpha value is -1.61. The highest BCUT2D eigenvalue weighted by atomic mass is 79.9. The van der Waals surface area contributed by atoms with Crippen molar-refractivity contribution in [2.75, 3.05) is 9.62 Å². The van der Waals surface area contributed by atoms with Gasteiger partial charge in [0.2, 0.25) is 11.1 Å². The van der Waals surface area contributed by atoms with Crippen LogP contribution in [0.3, 0.4) is 0 Å². The number of rotatable bonds is 6. The Morgan fingerprint density at radius 3 is 2.22 bits per heavy atom. The number of anilines is 2. The van der Waals surface area contributed by atoms with E-state index in [4.69, 9.17) is 23.2 Å². The highest BCUT2D eigenvalue weighted by molar-refractivity contribution is 9.10. The maximum atomic E-state index is 13.2. The van der Waals surface area contributed by atoms with Crippen LogP contribution in [0.1, 0.15) is 13.8 Å². The predicted molar refractivity (Wildman–Crippen MR) is 110 cm³/mol. The van der Waals surface area contributed by atoms with Crippen LogP contribution in [0.4, 0.5) is 11.4 Å². The summed E-state index contributed by atoms with van der Waals surface area (Å²) >= 11 is 15.1. The second-order valence-electron chi connectivity index (χ2n) is 5.58. The molecule has 1 amide bonds. The van der Waals surface area contributed by atoms with E-state index in [2.05, 4.69) is 21.2 Å². The fourth-order valence-corrected chi connectivity index (χ4v) is 4.93. The van der Waals surface area contributed by atoms with Gasteiger partial charge in [0.05, 0.1) is 15.6 Å². The molecule has 0 aromatic heterocycles. The molecule has 0 radical (unpaired) electrons. The van der Waals surface area contributed by atoms with Crippen molar-refractivity contribution in [3.05, 3.63) is 52.0 Å². The van der Waals surface area contributed by atoms with E-state index in [1.807, 2.05) is 0 Å². The van der Waals surface area contributed by atoms with Gasteiger partial charge in [-0.15, -0.1) is 0 Å². The highest BCUT2D eigenvalue weighted by Gasteiger charge is 2.34. The molecule has 2 rings (SSSR count). The molecule has 0 fully saturated rings. The number of nitrogens with one attached hydrogen (secondary N) is 1. The second-order valence-corrected chi connectivity index (χ2v) is 9.09. The number of benzene rings is 2. The van der Waals surface area contributed by atoms with Gasteiger partial charge in [-0.05, 0) is 61.0 Å². The van der Waals surface area contributed by atoms with E-state index in [-0.39, 0.29) is 21.5 Å². The number of halogens is 3. The van der Waals surface area contributed by atoms with Crippen molar-refractivity contribution < 1.29 is 18.0 Å². The normalized spacial score (nSPS) is 12.3. The summed E-state index contributed by atoms with van der Waals surface area (Å²) in [6.45, 7) is 2.71. The van der Waals surface area contributed by atoms with Crippen LogP contribution in [0.2, 0.25) is 5.02 Å². The lowest BCUT2D eigenvalue weighted by atomic mass is 10.3. The van der Waals surface area contributed by atoms with E-state index in [0.717, 1.165) is 4.31 Å². The number of sulfonamides is 1. The molecule has 1 atom stereocenters. The lowest BCUT2D eigenvalue weighted by molar-refractivity contribution is -0.114. The summed E-state index contributed by atoms with van der Waals surface area (Å²) in [6, 6.07) is 8.96. The third-order valence-electron chi connectivity index (χ3n) is 3.56. The van der Waals surface area contributed by atoms with Crippen molar-refractivity contribution in [1.29, 1.82) is 0 Å². The summed E-state index contributed by atoms with van der Waals surface area (Å²) in [7, 11) is -4.16. The van der Waals surface area contributed by atoms with Crippen molar-refractivity contribution in [3.63, 3.8) is 0 Å². The van der Waals surface area contributed by atoms with Gasteiger partial charge < -0.3 is 5.32 Å². The fourth-order valence-electron chi connectivity index (χ4n) is 2.33. The Balaban J connectivity index is 2.56. The molecule has 2 aromatic carbocycles. The monoisotopic (exact) mass is 492 g/mol. The second kappa shape index (κ2) is 8.60. The van der Waals surface area contributed by atoms with Crippen LogP contribution < -0.4 is 9.62 Å². The predicted octanol–water partition coefficient (Wildman–Crippen LogP) is 4.41. The Labute approximate surface area is 175 Å². The molecule has 1 N–H and O–H groups in total. The van der Waals surface area contributed by atoms with Crippen LogP contribution in [-0.4, -0.2) is 25.6 Å². The average molecular weight is 494 g/mol. The van der Waals surface area contributed by atoms with Gasteiger partial charge in [0.1, 0.15) is 6.04 Å². The van der Waals surface area contributed by atoms with E-state index < -0.39 is 21.3 Å². The fraction of sp³-hybridized carbons (Fsp3) is 0.176. The van der Waals surface area contributed by atoms with Crippen molar-refractivity contribution in [2.24, 2.45) is 0 Å². The Morgan fingerprint density at radius 1 is 1.15 bits per heavy atom. The first kappa shape index (κ1) is 21.7. The summed E-state index contributed by atoms with van der Waals surface area (Å²) in [5.41, 5.74) is 0.559. The molecule has 0 bridgehead atoms. The number of carbonyl (C=O) groups is 2. The van der Waals surface area contributed by atoms with Crippen LogP contribution >= 0.6 is 39.1 Å². The maximum Gasteiger partial charge on any atom is 0.265 e. The summed E-state index contributed by atoms with van der Waals surface area (Å²) in [4.78, 5) is 22.8. The SMILES string of the molecule is CC(=O)Nc1ccc(S(=O)(=O)N(c2ccc(Br)cc2Cl)C(C)C(=O)Cl)cc1. The number of amides is 1. The summed E-state index contributed by atoms with van der Waals surface area (Å²) in [6.07, 6.45) is 0. The largest absolute Gasteiger partial charge is 0.326 e. The maximum absolute atomic E-state index is 13.2. The Kier molecular flexibility index (Phi) is 6.91. The average Bonchev–Trinajstić information content (AvgIpc) is 2.56. The number of hydrogen-bond donors (Lipinski definition) is 1. The van der Waals surface area contributed by atoms with Crippen LogP contribution in [0.15, 0.2) is 51.8 Å². The van der Waals surface area contributed by atoms with Crippen LogP contribution in [0.25, 0.3) is 0 Å². The van der Waals surface area contributed by atoms with Crippen molar-refractivity contribution in [2.45, 2.75) is 24.8 Å².